The minimum Gasteiger partial charge on any atom is -0.356 e. The fourth-order valence-corrected chi connectivity index (χ4v) is 5.57. The van der Waals surface area contributed by atoms with Crippen molar-refractivity contribution in [2.45, 2.75) is 25.4 Å². The summed E-state index contributed by atoms with van der Waals surface area (Å²) in [4.78, 5) is 8.20. The van der Waals surface area contributed by atoms with Crippen molar-refractivity contribution in [3.63, 3.8) is 0 Å². The Hall–Kier alpha value is -2.10. The largest absolute Gasteiger partial charge is 0.356 e. The average Bonchev–Trinajstić information content (AvgIpc) is 3.22. The predicted octanol–water partition coefficient (Wildman–Crippen LogP) is 2.87. The van der Waals surface area contributed by atoms with Gasteiger partial charge in [-0.25, -0.2) is 8.42 Å². The lowest BCUT2D eigenvalue weighted by atomic mass is 9.88. The van der Waals surface area contributed by atoms with Crippen molar-refractivity contribution in [2.75, 3.05) is 38.2 Å². The van der Waals surface area contributed by atoms with E-state index in [9.17, 15) is 8.42 Å². The molecule has 0 bridgehead atoms. The average molecular weight is 450 g/mol. The lowest BCUT2D eigenvalue weighted by molar-refractivity contribution is 0.125. The van der Waals surface area contributed by atoms with Gasteiger partial charge in [-0.3, -0.25) is 14.6 Å². The molecule has 7 nitrogen and oxygen atoms in total. The van der Waals surface area contributed by atoms with E-state index < -0.39 is 10.0 Å². The van der Waals surface area contributed by atoms with Crippen molar-refractivity contribution in [3.05, 3.63) is 52.2 Å². The summed E-state index contributed by atoms with van der Waals surface area (Å²) in [6.45, 7) is 2.42. The number of hydrogen-bond donors (Lipinski definition) is 3. The Labute approximate surface area is 183 Å². The van der Waals surface area contributed by atoms with E-state index in [1.54, 1.807) is 13.1 Å². The van der Waals surface area contributed by atoms with E-state index in [0.29, 0.717) is 30.2 Å². The zero-order valence-electron chi connectivity index (χ0n) is 17.8. The molecule has 0 saturated carbocycles. The van der Waals surface area contributed by atoms with Gasteiger partial charge < -0.3 is 10.6 Å². The first-order valence-electron chi connectivity index (χ1n) is 10.1. The summed E-state index contributed by atoms with van der Waals surface area (Å²) in [6, 6.07) is 12.1. The van der Waals surface area contributed by atoms with Crippen LogP contribution >= 0.6 is 11.3 Å². The van der Waals surface area contributed by atoms with Gasteiger partial charge in [0.05, 0.1) is 11.9 Å². The quantitative estimate of drug-likeness (QED) is 0.447. The van der Waals surface area contributed by atoms with Crippen LogP contribution in [0.3, 0.4) is 0 Å². The van der Waals surface area contributed by atoms with Crippen LogP contribution in [0.1, 0.15) is 29.3 Å². The molecule has 0 radical (unpaired) electrons. The third-order valence-electron chi connectivity index (χ3n) is 5.36. The molecule has 1 aromatic heterocycles. The van der Waals surface area contributed by atoms with Crippen LogP contribution in [0.25, 0.3) is 0 Å². The van der Waals surface area contributed by atoms with E-state index in [1.165, 1.54) is 17.7 Å². The third kappa shape index (κ3) is 6.20. The number of aliphatic imine (C=N–C) groups is 1. The smallest absolute Gasteiger partial charge is 0.229 e. The molecule has 1 saturated heterocycles. The van der Waals surface area contributed by atoms with Gasteiger partial charge >= 0.3 is 0 Å². The first-order chi connectivity index (χ1) is 14.4. The Morgan fingerprint density at radius 3 is 2.73 bits per heavy atom. The van der Waals surface area contributed by atoms with Crippen molar-refractivity contribution >= 4 is 33.0 Å². The van der Waals surface area contributed by atoms with Gasteiger partial charge in [-0.1, -0.05) is 24.3 Å². The Morgan fingerprint density at radius 1 is 1.23 bits per heavy atom. The van der Waals surface area contributed by atoms with E-state index in [-0.39, 0.29) is 0 Å². The Balaban J connectivity index is 1.60. The summed E-state index contributed by atoms with van der Waals surface area (Å²) >= 11 is 1.82. The second kappa shape index (κ2) is 10.3. The topological polar surface area (TPSA) is 85.8 Å². The molecule has 1 aliphatic heterocycles. The highest BCUT2D eigenvalue weighted by Gasteiger charge is 2.31. The molecule has 9 heteroatoms. The number of anilines is 1. The number of likely N-dealkylation sites (tertiary alicyclic amines) is 1. The Morgan fingerprint density at radius 2 is 2.03 bits per heavy atom. The lowest BCUT2D eigenvalue weighted by Crippen LogP contribution is -2.44. The second-order valence-electron chi connectivity index (χ2n) is 7.68. The SMILES string of the molecule is CN=C(NCc1ccccc1NS(C)(=O)=O)NCC1CCCN(C)C1c1cccs1. The molecule has 1 aliphatic rings. The third-order valence-corrected chi connectivity index (χ3v) is 6.89. The number of sulfonamides is 1. The van der Waals surface area contributed by atoms with E-state index >= 15 is 0 Å². The number of guanidine groups is 1. The number of piperidine rings is 1. The van der Waals surface area contributed by atoms with Crippen LogP contribution in [0.5, 0.6) is 0 Å². The highest BCUT2D eigenvalue weighted by molar-refractivity contribution is 7.92. The van der Waals surface area contributed by atoms with E-state index in [1.807, 2.05) is 29.5 Å². The molecule has 0 spiro atoms. The van der Waals surface area contributed by atoms with Gasteiger partial charge in [-0.05, 0) is 55.4 Å². The Bertz CT molecular complexity index is 944. The van der Waals surface area contributed by atoms with Crippen molar-refractivity contribution in [1.29, 1.82) is 0 Å². The molecule has 3 rings (SSSR count). The second-order valence-corrected chi connectivity index (χ2v) is 10.4. The predicted molar refractivity (Wildman–Crippen MR) is 126 cm³/mol. The number of para-hydroxylation sites is 1. The molecule has 2 atom stereocenters. The fourth-order valence-electron chi connectivity index (χ4n) is 3.98. The molecule has 2 unspecified atom stereocenters. The van der Waals surface area contributed by atoms with Crippen molar-refractivity contribution in [1.82, 2.24) is 15.5 Å². The van der Waals surface area contributed by atoms with Crippen LogP contribution in [-0.4, -0.2) is 52.7 Å². The number of nitrogens with one attached hydrogen (secondary N) is 3. The number of thiophene rings is 1. The first-order valence-corrected chi connectivity index (χ1v) is 12.9. The molecule has 1 aromatic carbocycles. The van der Waals surface area contributed by atoms with Gasteiger partial charge in [-0.15, -0.1) is 11.3 Å². The van der Waals surface area contributed by atoms with Crippen LogP contribution in [0.4, 0.5) is 5.69 Å². The summed E-state index contributed by atoms with van der Waals surface area (Å²) < 4.78 is 25.8. The summed E-state index contributed by atoms with van der Waals surface area (Å²) in [5.74, 6) is 1.21. The summed E-state index contributed by atoms with van der Waals surface area (Å²) in [6.07, 6.45) is 3.53. The highest BCUT2D eigenvalue weighted by Crippen LogP contribution is 2.36. The molecule has 3 N–H and O–H groups in total. The molecule has 0 amide bonds. The molecule has 164 valence electrons. The lowest BCUT2D eigenvalue weighted by Gasteiger charge is -2.39. The molecular weight excluding hydrogens is 418 g/mol. The minimum atomic E-state index is -3.33. The van der Waals surface area contributed by atoms with Gasteiger partial charge in [0.25, 0.3) is 0 Å². The van der Waals surface area contributed by atoms with Gasteiger partial charge in [0, 0.05) is 31.1 Å². The van der Waals surface area contributed by atoms with Crippen molar-refractivity contribution in [2.24, 2.45) is 10.9 Å². The number of hydrogen-bond acceptors (Lipinski definition) is 5. The van der Waals surface area contributed by atoms with Crippen LogP contribution in [0.15, 0.2) is 46.8 Å². The number of benzene rings is 1. The number of nitrogens with zero attached hydrogens (tertiary/aromatic N) is 2. The van der Waals surface area contributed by atoms with Crippen LogP contribution in [-0.2, 0) is 16.6 Å². The molecule has 30 heavy (non-hydrogen) atoms. The molecule has 0 aliphatic carbocycles. The minimum absolute atomic E-state index is 0.420. The first kappa shape index (κ1) is 22.6. The van der Waals surface area contributed by atoms with Gasteiger partial charge in [0.15, 0.2) is 5.96 Å². The van der Waals surface area contributed by atoms with Crippen LogP contribution in [0, 0.1) is 5.92 Å². The van der Waals surface area contributed by atoms with Crippen LogP contribution < -0.4 is 15.4 Å². The summed E-state index contributed by atoms with van der Waals surface area (Å²) in [5.41, 5.74) is 1.44. The molecule has 2 heterocycles. The Kier molecular flexibility index (Phi) is 7.74. The van der Waals surface area contributed by atoms with E-state index in [4.69, 9.17) is 0 Å². The van der Waals surface area contributed by atoms with E-state index in [2.05, 4.69) is 49.8 Å². The number of rotatable bonds is 7. The molecular formula is C21H31N5O2S2. The van der Waals surface area contributed by atoms with Gasteiger partial charge in [0.2, 0.25) is 10.0 Å². The maximum Gasteiger partial charge on any atom is 0.229 e. The van der Waals surface area contributed by atoms with E-state index in [0.717, 1.165) is 24.9 Å². The molecule has 2 aromatic rings. The van der Waals surface area contributed by atoms with Crippen LogP contribution in [0.2, 0.25) is 0 Å². The zero-order valence-corrected chi connectivity index (χ0v) is 19.4. The molecule has 1 fully saturated rings. The zero-order chi connectivity index (χ0) is 21.6. The van der Waals surface area contributed by atoms with Crippen molar-refractivity contribution < 1.29 is 8.42 Å². The maximum atomic E-state index is 11.6. The fraction of sp³-hybridized carbons (Fsp3) is 0.476. The van der Waals surface area contributed by atoms with Gasteiger partial charge in [-0.2, -0.15) is 0 Å². The summed E-state index contributed by atoms with van der Waals surface area (Å²) in [7, 11) is 0.625. The van der Waals surface area contributed by atoms with Gasteiger partial charge in [0.1, 0.15) is 0 Å². The normalized spacial score (nSPS) is 20.7. The summed E-state index contributed by atoms with van der Waals surface area (Å²) in [5, 5.41) is 8.92. The monoisotopic (exact) mass is 449 g/mol. The van der Waals surface area contributed by atoms with Crippen molar-refractivity contribution in [3.8, 4) is 0 Å². The standard InChI is InChI=1S/C21H31N5O2S2/c1-22-21(23-14-16-8-4-5-10-18(16)25-30(3,27)28)24-15-17-9-6-12-26(2)20(17)19-11-7-13-29-19/h4-5,7-8,10-11,13,17,20,25H,6,9,12,14-15H2,1-3H3,(H2,22,23,24). The maximum absolute atomic E-state index is 11.6. The highest BCUT2D eigenvalue weighted by atomic mass is 32.2.